The van der Waals surface area contributed by atoms with Crippen molar-refractivity contribution in [3.8, 4) is 11.8 Å². The van der Waals surface area contributed by atoms with Crippen LogP contribution in [-0.2, 0) is 11.4 Å². The highest BCUT2D eigenvalue weighted by Gasteiger charge is 2.14. The van der Waals surface area contributed by atoms with Crippen molar-refractivity contribution in [2.75, 3.05) is 5.32 Å². The van der Waals surface area contributed by atoms with E-state index in [2.05, 4.69) is 21.2 Å². The summed E-state index contributed by atoms with van der Waals surface area (Å²) in [6, 6.07) is 16.4. The zero-order chi connectivity index (χ0) is 25.5. The SMILES string of the molecule is N#C/C(=C/c1cc(Cl)c(OCc2ccc([N+](=O)[O-])cc2)c(Br)c1)C(=O)Nc1cccc(C(=O)O)c1. The average Bonchev–Trinajstić information content (AvgIpc) is 2.82. The van der Waals surface area contributed by atoms with Gasteiger partial charge in [0, 0.05) is 17.8 Å². The Kier molecular flexibility index (Phi) is 8.20. The number of amides is 1. The molecule has 0 fully saturated rings. The maximum absolute atomic E-state index is 12.5. The molecule has 3 aromatic carbocycles. The van der Waals surface area contributed by atoms with Crippen molar-refractivity contribution >= 4 is 56.9 Å². The maximum atomic E-state index is 12.5. The van der Waals surface area contributed by atoms with E-state index in [9.17, 15) is 25.0 Å². The third-order valence-corrected chi connectivity index (χ3v) is 5.46. The van der Waals surface area contributed by atoms with Crippen molar-refractivity contribution in [1.29, 1.82) is 5.26 Å². The zero-order valence-corrected chi connectivity index (χ0v) is 20.0. The molecule has 176 valence electrons. The van der Waals surface area contributed by atoms with E-state index in [-0.39, 0.29) is 34.1 Å². The number of carboxylic acid groups (broad SMARTS) is 1. The standard InChI is InChI=1S/C24H15BrClN3O6/c25-20-9-15(8-17(12-27)23(30)28-18-3-1-2-16(11-18)24(31)32)10-21(26)22(20)35-13-14-4-6-19(7-5-14)29(33)34/h1-11H,13H2,(H,28,30)(H,31,32)/b17-8-. The molecule has 0 heterocycles. The van der Waals surface area contributed by atoms with Gasteiger partial charge in [0.2, 0.25) is 0 Å². The number of nitriles is 1. The summed E-state index contributed by atoms with van der Waals surface area (Å²) in [6.07, 6.45) is 1.33. The molecule has 11 heteroatoms. The van der Waals surface area contributed by atoms with E-state index in [1.54, 1.807) is 18.2 Å². The number of nitrogens with one attached hydrogen (secondary N) is 1. The highest BCUT2D eigenvalue weighted by atomic mass is 79.9. The molecule has 3 aromatic rings. The number of carboxylic acids is 1. The van der Waals surface area contributed by atoms with Crippen LogP contribution < -0.4 is 10.1 Å². The number of non-ortho nitro benzene ring substituents is 1. The van der Waals surface area contributed by atoms with Gasteiger partial charge in [-0.25, -0.2) is 4.79 Å². The molecule has 0 radical (unpaired) electrons. The number of carbonyl (C=O) groups excluding carboxylic acids is 1. The van der Waals surface area contributed by atoms with Crippen LogP contribution in [0.1, 0.15) is 21.5 Å². The number of aromatic carboxylic acids is 1. The first-order valence-electron chi connectivity index (χ1n) is 9.79. The lowest BCUT2D eigenvalue weighted by Gasteiger charge is -2.11. The summed E-state index contributed by atoms with van der Waals surface area (Å²) in [4.78, 5) is 33.9. The molecule has 0 bridgehead atoms. The fraction of sp³-hybridized carbons (Fsp3) is 0.0417. The molecule has 0 aliphatic rings. The summed E-state index contributed by atoms with van der Waals surface area (Å²) in [6.45, 7) is 0.104. The number of hydrogen-bond donors (Lipinski definition) is 2. The second-order valence-corrected chi connectivity index (χ2v) is 8.30. The van der Waals surface area contributed by atoms with E-state index in [1.165, 1.54) is 48.5 Å². The Morgan fingerprint density at radius 1 is 1.20 bits per heavy atom. The Labute approximate surface area is 212 Å². The summed E-state index contributed by atoms with van der Waals surface area (Å²) in [7, 11) is 0. The van der Waals surface area contributed by atoms with Crippen LogP contribution in [0.5, 0.6) is 5.75 Å². The molecule has 0 aliphatic carbocycles. The molecule has 35 heavy (non-hydrogen) atoms. The smallest absolute Gasteiger partial charge is 0.335 e. The number of nitro benzene ring substituents is 1. The fourth-order valence-electron chi connectivity index (χ4n) is 2.91. The molecule has 0 aliphatic heterocycles. The first-order chi connectivity index (χ1) is 16.7. The molecule has 0 atom stereocenters. The number of carbonyl (C=O) groups is 2. The predicted molar refractivity (Wildman–Crippen MR) is 132 cm³/mol. The predicted octanol–water partition coefficient (Wildman–Crippen LogP) is 5.83. The first kappa shape index (κ1) is 25.4. The second-order valence-electron chi connectivity index (χ2n) is 7.04. The van der Waals surface area contributed by atoms with E-state index in [1.807, 2.05) is 6.07 Å². The summed E-state index contributed by atoms with van der Waals surface area (Å²) in [5, 5.41) is 32.0. The highest BCUT2D eigenvalue weighted by molar-refractivity contribution is 9.10. The van der Waals surface area contributed by atoms with Crippen LogP contribution in [0.15, 0.2) is 70.7 Å². The Morgan fingerprint density at radius 3 is 2.51 bits per heavy atom. The van der Waals surface area contributed by atoms with Crippen LogP contribution in [0.3, 0.4) is 0 Å². The number of hydrogen-bond acceptors (Lipinski definition) is 6. The molecular weight excluding hydrogens is 542 g/mol. The Hall–Kier alpha value is -4.20. The van der Waals surface area contributed by atoms with Crippen molar-refractivity contribution in [2.24, 2.45) is 0 Å². The second kappa shape index (κ2) is 11.3. The van der Waals surface area contributed by atoms with E-state index >= 15 is 0 Å². The minimum absolute atomic E-state index is 0.00897. The molecule has 0 spiro atoms. The minimum Gasteiger partial charge on any atom is -0.486 e. The molecule has 2 N–H and O–H groups in total. The van der Waals surface area contributed by atoms with Gasteiger partial charge in [-0.2, -0.15) is 5.26 Å². The van der Waals surface area contributed by atoms with Crippen LogP contribution in [0, 0.1) is 21.4 Å². The van der Waals surface area contributed by atoms with Gasteiger partial charge in [-0.05, 0) is 75.6 Å². The summed E-state index contributed by atoms with van der Waals surface area (Å²) < 4.78 is 6.20. The first-order valence-corrected chi connectivity index (χ1v) is 11.0. The van der Waals surface area contributed by atoms with Gasteiger partial charge in [0.15, 0.2) is 5.75 Å². The summed E-state index contributed by atoms with van der Waals surface area (Å²) >= 11 is 9.70. The van der Waals surface area contributed by atoms with E-state index in [0.717, 1.165) is 0 Å². The average molecular weight is 557 g/mol. The van der Waals surface area contributed by atoms with Crippen molar-refractivity contribution in [3.05, 3.63) is 103 Å². The molecule has 0 unspecified atom stereocenters. The third-order valence-electron chi connectivity index (χ3n) is 4.59. The zero-order valence-electron chi connectivity index (χ0n) is 17.7. The van der Waals surface area contributed by atoms with Crippen LogP contribution >= 0.6 is 27.5 Å². The Balaban J connectivity index is 1.75. The molecule has 0 aromatic heterocycles. The number of nitrogens with zero attached hydrogens (tertiary/aromatic N) is 2. The lowest BCUT2D eigenvalue weighted by Crippen LogP contribution is -2.14. The van der Waals surface area contributed by atoms with Gasteiger partial charge in [-0.1, -0.05) is 17.7 Å². The van der Waals surface area contributed by atoms with E-state index in [4.69, 9.17) is 21.4 Å². The van der Waals surface area contributed by atoms with Gasteiger partial charge in [0.1, 0.15) is 18.2 Å². The number of benzene rings is 3. The normalized spacial score (nSPS) is 10.8. The summed E-state index contributed by atoms with van der Waals surface area (Å²) in [5.74, 6) is -1.55. The Morgan fingerprint density at radius 2 is 1.91 bits per heavy atom. The molecule has 9 nitrogen and oxygen atoms in total. The van der Waals surface area contributed by atoms with Gasteiger partial charge in [-0.3, -0.25) is 14.9 Å². The molecular formula is C24H15BrClN3O6. The lowest BCUT2D eigenvalue weighted by molar-refractivity contribution is -0.384. The van der Waals surface area contributed by atoms with Crippen LogP contribution in [0.25, 0.3) is 6.08 Å². The number of rotatable bonds is 8. The number of ether oxygens (including phenoxy) is 1. The largest absolute Gasteiger partial charge is 0.486 e. The monoisotopic (exact) mass is 555 g/mol. The fourth-order valence-corrected chi connectivity index (χ4v) is 3.90. The van der Waals surface area contributed by atoms with Crippen LogP contribution in [0.2, 0.25) is 5.02 Å². The molecule has 1 amide bonds. The third kappa shape index (κ3) is 6.66. The topological polar surface area (TPSA) is 143 Å². The van der Waals surface area contributed by atoms with Crippen LogP contribution in [0.4, 0.5) is 11.4 Å². The lowest BCUT2D eigenvalue weighted by atomic mass is 10.1. The van der Waals surface area contributed by atoms with Crippen molar-refractivity contribution in [1.82, 2.24) is 0 Å². The quantitative estimate of drug-likeness (QED) is 0.154. The van der Waals surface area contributed by atoms with Gasteiger partial charge in [0.25, 0.3) is 11.6 Å². The van der Waals surface area contributed by atoms with Gasteiger partial charge < -0.3 is 15.2 Å². The maximum Gasteiger partial charge on any atom is 0.335 e. The van der Waals surface area contributed by atoms with Crippen molar-refractivity contribution in [2.45, 2.75) is 6.61 Å². The van der Waals surface area contributed by atoms with Crippen molar-refractivity contribution in [3.63, 3.8) is 0 Å². The Bertz CT molecular complexity index is 1360. The molecule has 0 saturated heterocycles. The summed E-state index contributed by atoms with van der Waals surface area (Å²) in [5.41, 5.74) is 1.09. The van der Waals surface area contributed by atoms with Gasteiger partial charge in [-0.15, -0.1) is 0 Å². The number of nitro groups is 1. The van der Waals surface area contributed by atoms with E-state index < -0.39 is 16.8 Å². The van der Waals surface area contributed by atoms with Gasteiger partial charge in [0.05, 0.1) is 20.0 Å². The van der Waals surface area contributed by atoms with Crippen molar-refractivity contribution < 1.29 is 24.4 Å². The molecule has 0 saturated carbocycles. The van der Waals surface area contributed by atoms with Crippen LogP contribution in [-0.4, -0.2) is 21.9 Å². The highest BCUT2D eigenvalue weighted by Crippen LogP contribution is 2.36. The van der Waals surface area contributed by atoms with Gasteiger partial charge >= 0.3 is 5.97 Å². The number of halogens is 2. The molecule has 3 rings (SSSR count). The van der Waals surface area contributed by atoms with E-state index in [0.29, 0.717) is 21.3 Å². The minimum atomic E-state index is -1.15. The number of anilines is 1.